The van der Waals surface area contributed by atoms with Gasteiger partial charge in [0.2, 0.25) is 6.79 Å². The van der Waals surface area contributed by atoms with Gasteiger partial charge in [-0.05, 0) is 35.7 Å². The summed E-state index contributed by atoms with van der Waals surface area (Å²) in [7, 11) is 0. The fourth-order valence-corrected chi connectivity index (χ4v) is 4.65. The topological polar surface area (TPSA) is 72.2 Å². The minimum Gasteiger partial charge on any atom is -0.454 e. The Kier molecular flexibility index (Phi) is 4.26. The predicted octanol–water partition coefficient (Wildman–Crippen LogP) is 4.60. The second-order valence-electron chi connectivity index (χ2n) is 6.99. The van der Waals surface area contributed by atoms with E-state index < -0.39 is 0 Å². The van der Waals surface area contributed by atoms with Gasteiger partial charge in [0.1, 0.15) is 16.9 Å². The number of hydrogen-bond acceptors (Lipinski definition) is 6. The number of ketones is 1. The molecule has 0 atom stereocenters. The maximum Gasteiger partial charge on any atom is 0.231 e. The Balaban J connectivity index is 1.78. The fraction of sp³-hybridized carbons (Fsp3) is 0.174. The van der Waals surface area contributed by atoms with Crippen molar-refractivity contribution in [3.8, 4) is 39.8 Å². The van der Waals surface area contributed by atoms with E-state index in [0.717, 1.165) is 27.9 Å². The molecule has 1 aliphatic heterocycles. The molecule has 0 N–H and O–H groups in total. The standard InChI is InChI=1S/C23H16N2O3S/c1-13(26)11-29-23-17(10-24)21(15-6-7-19-20(9-15)28-12-27-19)22-16-5-3-2-4-14(16)8-18(22)25-23/h2-7,9H,8,11-12H2,1H3. The van der Waals surface area contributed by atoms with Crippen molar-refractivity contribution in [3.63, 3.8) is 0 Å². The van der Waals surface area contributed by atoms with Gasteiger partial charge in [-0.15, -0.1) is 0 Å². The average Bonchev–Trinajstić information content (AvgIpc) is 3.34. The number of Topliss-reactive ketones (excluding diaryl/α,β-unsaturated/α-hetero) is 1. The first kappa shape index (κ1) is 17.8. The van der Waals surface area contributed by atoms with Crippen LogP contribution in [-0.4, -0.2) is 23.3 Å². The van der Waals surface area contributed by atoms with Gasteiger partial charge in [-0.3, -0.25) is 4.79 Å². The predicted molar refractivity (Wildman–Crippen MR) is 110 cm³/mol. The lowest BCUT2D eigenvalue weighted by Crippen LogP contribution is -2.01. The van der Waals surface area contributed by atoms with Gasteiger partial charge in [0.05, 0.1) is 17.0 Å². The molecule has 5 nitrogen and oxygen atoms in total. The van der Waals surface area contributed by atoms with Crippen LogP contribution in [0.25, 0.3) is 22.3 Å². The van der Waals surface area contributed by atoms with Crippen molar-refractivity contribution in [1.82, 2.24) is 4.98 Å². The van der Waals surface area contributed by atoms with Crippen molar-refractivity contribution < 1.29 is 14.3 Å². The van der Waals surface area contributed by atoms with Gasteiger partial charge < -0.3 is 9.47 Å². The van der Waals surface area contributed by atoms with Gasteiger partial charge in [0.15, 0.2) is 11.5 Å². The minimum absolute atomic E-state index is 0.0501. The van der Waals surface area contributed by atoms with Crippen molar-refractivity contribution in [2.45, 2.75) is 18.4 Å². The number of benzene rings is 2. The molecule has 2 heterocycles. The highest BCUT2D eigenvalue weighted by Crippen LogP contribution is 2.47. The molecular weight excluding hydrogens is 384 g/mol. The largest absolute Gasteiger partial charge is 0.454 e. The number of nitriles is 1. The molecular formula is C23H16N2O3S. The summed E-state index contributed by atoms with van der Waals surface area (Å²) in [4.78, 5) is 16.4. The summed E-state index contributed by atoms with van der Waals surface area (Å²) < 4.78 is 11.0. The normalized spacial score (nSPS) is 13.0. The summed E-state index contributed by atoms with van der Waals surface area (Å²) in [6.07, 6.45) is 0.711. The number of aromatic nitrogens is 1. The van der Waals surface area contributed by atoms with Gasteiger partial charge >= 0.3 is 0 Å². The van der Waals surface area contributed by atoms with E-state index in [4.69, 9.17) is 14.5 Å². The number of thioether (sulfide) groups is 1. The zero-order valence-corrected chi connectivity index (χ0v) is 16.5. The monoisotopic (exact) mass is 400 g/mol. The van der Waals surface area contributed by atoms with Crippen molar-refractivity contribution >= 4 is 17.5 Å². The van der Waals surface area contributed by atoms with Gasteiger partial charge in [-0.2, -0.15) is 5.26 Å². The Labute approximate surface area is 172 Å². The second kappa shape index (κ2) is 6.94. The summed E-state index contributed by atoms with van der Waals surface area (Å²) in [6, 6.07) is 16.3. The van der Waals surface area contributed by atoms with Gasteiger partial charge in [-0.25, -0.2) is 4.98 Å². The number of nitrogens with zero attached hydrogens (tertiary/aromatic N) is 2. The van der Waals surface area contributed by atoms with Crippen LogP contribution in [0.15, 0.2) is 47.5 Å². The zero-order chi connectivity index (χ0) is 20.0. The molecule has 0 amide bonds. The maximum absolute atomic E-state index is 11.5. The summed E-state index contributed by atoms with van der Waals surface area (Å²) in [5.74, 6) is 1.70. The highest BCUT2D eigenvalue weighted by molar-refractivity contribution is 8.00. The van der Waals surface area contributed by atoms with E-state index in [2.05, 4.69) is 18.2 Å². The molecule has 1 aliphatic carbocycles. The molecule has 0 bridgehead atoms. The Bertz CT molecular complexity index is 1210. The summed E-state index contributed by atoms with van der Waals surface area (Å²) >= 11 is 1.32. The van der Waals surface area contributed by atoms with Gasteiger partial charge in [-0.1, -0.05) is 42.1 Å². The molecule has 0 unspecified atom stereocenters. The van der Waals surface area contributed by atoms with E-state index in [1.54, 1.807) is 6.92 Å². The van der Waals surface area contributed by atoms with Crippen molar-refractivity contribution in [2.75, 3.05) is 12.5 Å². The number of rotatable bonds is 4. The number of pyridine rings is 1. The Hall–Kier alpha value is -3.30. The molecule has 0 saturated carbocycles. The molecule has 29 heavy (non-hydrogen) atoms. The van der Waals surface area contributed by atoms with Crippen LogP contribution in [0.2, 0.25) is 0 Å². The molecule has 1 aromatic heterocycles. The first-order valence-electron chi connectivity index (χ1n) is 9.23. The third-order valence-corrected chi connectivity index (χ3v) is 6.19. The molecule has 5 rings (SSSR count). The fourth-order valence-electron chi connectivity index (χ4n) is 3.85. The Morgan fingerprint density at radius 2 is 2.00 bits per heavy atom. The van der Waals surface area contributed by atoms with Crippen molar-refractivity contribution in [1.29, 1.82) is 5.26 Å². The zero-order valence-electron chi connectivity index (χ0n) is 15.7. The molecule has 142 valence electrons. The van der Waals surface area contributed by atoms with E-state index in [1.807, 2.05) is 30.3 Å². The van der Waals surface area contributed by atoms with E-state index in [9.17, 15) is 10.1 Å². The van der Waals surface area contributed by atoms with Crippen LogP contribution in [0.4, 0.5) is 0 Å². The molecule has 3 aromatic rings. The number of hydrogen-bond donors (Lipinski definition) is 0. The van der Waals surface area contributed by atoms with Crippen LogP contribution in [0, 0.1) is 11.3 Å². The third kappa shape index (κ3) is 2.95. The molecule has 0 radical (unpaired) electrons. The number of carbonyl (C=O) groups excluding carboxylic acids is 1. The average molecular weight is 400 g/mol. The smallest absolute Gasteiger partial charge is 0.231 e. The van der Waals surface area contributed by atoms with Gasteiger partial charge in [0.25, 0.3) is 0 Å². The highest BCUT2D eigenvalue weighted by atomic mass is 32.2. The molecule has 6 heteroatoms. The lowest BCUT2D eigenvalue weighted by Gasteiger charge is -2.15. The summed E-state index contributed by atoms with van der Waals surface area (Å²) in [5, 5.41) is 10.7. The molecule has 0 saturated heterocycles. The highest BCUT2D eigenvalue weighted by Gasteiger charge is 2.29. The van der Waals surface area contributed by atoms with Crippen LogP contribution < -0.4 is 9.47 Å². The first-order valence-corrected chi connectivity index (χ1v) is 10.2. The number of fused-ring (bicyclic) bond motifs is 4. The van der Waals surface area contributed by atoms with Gasteiger partial charge in [0, 0.05) is 17.5 Å². The SMILES string of the molecule is CC(=O)CSc1nc2c(c(-c3ccc4c(c3)OCO4)c1C#N)-c1ccccc1C2. The van der Waals surface area contributed by atoms with Crippen LogP contribution >= 0.6 is 11.8 Å². The quantitative estimate of drug-likeness (QED) is 0.466. The second-order valence-corrected chi connectivity index (χ2v) is 7.96. The van der Waals surface area contributed by atoms with Crippen LogP contribution in [0.1, 0.15) is 23.7 Å². The van der Waals surface area contributed by atoms with Crippen molar-refractivity contribution in [2.24, 2.45) is 0 Å². The maximum atomic E-state index is 11.5. The summed E-state index contributed by atoms with van der Waals surface area (Å²) in [5.41, 5.74) is 6.42. The third-order valence-electron chi connectivity index (χ3n) is 5.07. The number of ether oxygens (including phenoxy) is 2. The van der Waals surface area contributed by atoms with E-state index in [1.165, 1.54) is 17.3 Å². The van der Waals surface area contributed by atoms with Crippen LogP contribution in [0.3, 0.4) is 0 Å². The summed E-state index contributed by atoms with van der Waals surface area (Å²) in [6.45, 7) is 1.74. The van der Waals surface area contributed by atoms with Crippen LogP contribution in [-0.2, 0) is 11.2 Å². The van der Waals surface area contributed by atoms with E-state index >= 15 is 0 Å². The molecule has 2 aromatic carbocycles. The minimum atomic E-state index is 0.0501. The Morgan fingerprint density at radius 3 is 2.83 bits per heavy atom. The van der Waals surface area contributed by atoms with E-state index in [-0.39, 0.29) is 18.3 Å². The van der Waals surface area contributed by atoms with E-state index in [0.29, 0.717) is 28.5 Å². The van der Waals surface area contributed by atoms with Crippen molar-refractivity contribution in [3.05, 3.63) is 59.3 Å². The Morgan fingerprint density at radius 1 is 1.17 bits per heavy atom. The van der Waals surface area contributed by atoms with Crippen LogP contribution in [0.5, 0.6) is 11.5 Å². The number of carbonyl (C=O) groups is 1. The molecule has 2 aliphatic rings. The first-order chi connectivity index (χ1) is 14.2. The molecule has 0 fully saturated rings. The molecule has 0 spiro atoms. The lowest BCUT2D eigenvalue weighted by atomic mass is 9.92. The lowest BCUT2D eigenvalue weighted by molar-refractivity contribution is -0.114.